The maximum atomic E-state index is 12.8. The lowest BCUT2D eigenvalue weighted by molar-refractivity contribution is -0.305. The molecule has 0 bridgehead atoms. The van der Waals surface area contributed by atoms with Gasteiger partial charge >= 0.3 is 11.9 Å². The van der Waals surface area contributed by atoms with Crippen molar-refractivity contribution in [2.24, 2.45) is 0 Å². The van der Waals surface area contributed by atoms with Crippen molar-refractivity contribution < 1.29 is 49.0 Å². The fourth-order valence-corrected chi connectivity index (χ4v) is 6.70. The van der Waals surface area contributed by atoms with E-state index in [0.29, 0.717) is 6.42 Å². The van der Waals surface area contributed by atoms with Gasteiger partial charge in [-0.2, -0.15) is 0 Å². The number of rotatable bonds is 38. The number of esters is 2. The lowest BCUT2D eigenvalue weighted by Crippen LogP contribution is -2.59. The normalized spacial score (nSPS) is 20.6. The lowest BCUT2D eigenvalue weighted by Gasteiger charge is -2.39. The van der Waals surface area contributed by atoms with Gasteiger partial charge in [0.15, 0.2) is 12.4 Å². The minimum Gasteiger partial charge on any atom is -0.462 e. The molecule has 10 nitrogen and oxygen atoms in total. The molecule has 0 spiro atoms. The van der Waals surface area contributed by atoms with Crippen LogP contribution in [0.2, 0.25) is 0 Å². The van der Waals surface area contributed by atoms with Crippen LogP contribution in [-0.4, -0.2) is 89.0 Å². The molecule has 0 amide bonds. The molecule has 0 radical (unpaired) electrons. The van der Waals surface area contributed by atoms with Gasteiger partial charge in [0.2, 0.25) is 0 Å². The molecule has 1 fully saturated rings. The minimum atomic E-state index is -1.60. The van der Waals surface area contributed by atoms with Gasteiger partial charge in [-0.15, -0.1) is 0 Å². The van der Waals surface area contributed by atoms with E-state index in [2.05, 4.69) is 62.5 Å². The smallest absolute Gasteiger partial charge is 0.306 e. The van der Waals surface area contributed by atoms with Crippen molar-refractivity contribution >= 4 is 11.9 Å². The summed E-state index contributed by atoms with van der Waals surface area (Å²) in [6.07, 6.45) is 38.2. The first kappa shape index (κ1) is 53.7. The molecule has 10 heteroatoms. The molecule has 4 N–H and O–H groups in total. The predicted octanol–water partition coefficient (Wildman–Crippen LogP) is 10.1. The molecule has 0 aromatic carbocycles. The standard InChI is InChI=1S/C48H84O10/c1-3-5-7-9-11-13-15-17-19-20-21-22-23-25-26-28-30-32-34-36-43(50)55-39-41(40-56-48-47(54)46(53)45(52)42(38-49)58-48)57-44(51)37-35-33-31-29-27-24-18-16-14-12-10-8-6-4-2/h10-13,16-19,41-42,45-49,52-54H,3-9,14-15,20-40H2,1-2H3/b12-10+,13-11+,18-16+,19-17+/t41-,42-,45+,46?,47?,48-/m0/s1. The lowest BCUT2D eigenvalue weighted by atomic mass is 9.99. The maximum Gasteiger partial charge on any atom is 0.306 e. The summed E-state index contributed by atoms with van der Waals surface area (Å²) in [5.74, 6) is -0.828. The van der Waals surface area contributed by atoms with Crippen LogP contribution in [-0.2, 0) is 28.5 Å². The van der Waals surface area contributed by atoms with Gasteiger partial charge in [0.1, 0.15) is 31.0 Å². The van der Waals surface area contributed by atoms with Crippen LogP contribution in [0.1, 0.15) is 187 Å². The molecule has 1 aliphatic rings. The van der Waals surface area contributed by atoms with Gasteiger partial charge in [-0.3, -0.25) is 9.59 Å². The minimum absolute atomic E-state index is 0.212. The van der Waals surface area contributed by atoms with Crippen LogP contribution in [0.4, 0.5) is 0 Å². The van der Waals surface area contributed by atoms with Gasteiger partial charge in [0.05, 0.1) is 13.2 Å². The van der Waals surface area contributed by atoms with E-state index in [1.807, 2.05) is 0 Å². The summed E-state index contributed by atoms with van der Waals surface area (Å²) < 4.78 is 22.2. The van der Waals surface area contributed by atoms with E-state index >= 15 is 0 Å². The van der Waals surface area contributed by atoms with E-state index in [-0.39, 0.29) is 32.0 Å². The molecule has 1 aliphatic heterocycles. The van der Waals surface area contributed by atoms with Crippen LogP contribution >= 0.6 is 0 Å². The largest absolute Gasteiger partial charge is 0.462 e. The molecule has 58 heavy (non-hydrogen) atoms. The number of aliphatic hydroxyl groups excluding tert-OH is 4. The zero-order chi connectivity index (χ0) is 42.3. The van der Waals surface area contributed by atoms with Crippen molar-refractivity contribution in [3.05, 3.63) is 48.6 Å². The third kappa shape index (κ3) is 29.8. The van der Waals surface area contributed by atoms with Crippen molar-refractivity contribution in [3.63, 3.8) is 0 Å². The molecule has 2 unspecified atom stereocenters. The van der Waals surface area contributed by atoms with Crippen molar-refractivity contribution in [2.45, 2.75) is 224 Å². The monoisotopic (exact) mass is 821 g/mol. The Kier molecular flexibility index (Phi) is 35.9. The molecular formula is C48H84O10. The fourth-order valence-electron chi connectivity index (χ4n) is 6.70. The topological polar surface area (TPSA) is 152 Å². The number of aliphatic hydroxyl groups is 4. The van der Waals surface area contributed by atoms with E-state index in [1.54, 1.807) is 0 Å². The first-order chi connectivity index (χ1) is 28.3. The van der Waals surface area contributed by atoms with Crippen LogP contribution in [0.25, 0.3) is 0 Å². The van der Waals surface area contributed by atoms with Crippen molar-refractivity contribution in [2.75, 3.05) is 19.8 Å². The number of hydrogen-bond donors (Lipinski definition) is 4. The molecule has 336 valence electrons. The van der Waals surface area contributed by atoms with Crippen molar-refractivity contribution in [1.82, 2.24) is 0 Å². The second-order valence-corrected chi connectivity index (χ2v) is 15.8. The molecule has 6 atom stereocenters. The van der Waals surface area contributed by atoms with Crippen LogP contribution in [0.15, 0.2) is 48.6 Å². The van der Waals surface area contributed by atoms with Crippen LogP contribution in [0.3, 0.4) is 0 Å². The summed E-state index contributed by atoms with van der Waals surface area (Å²) >= 11 is 0. The van der Waals surface area contributed by atoms with E-state index in [4.69, 9.17) is 18.9 Å². The molecule has 0 aromatic rings. The summed E-state index contributed by atoms with van der Waals surface area (Å²) in [7, 11) is 0. The molecule has 1 saturated heterocycles. The first-order valence-corrected chi connectivity index (χ1v) is 23.2. The average molecular weight is 821 g/mol. The predicted molar refractivity (Wildman–Crippen MR) is 233 cm³/mol. The number of carbonyl (C=O) groups is 2. The molecule has 0 aromatic heterocycles. The highest BCUT2D eigenvalue weighted by Gasteiger charge is 2.44. The van der Waals surface area contributed by atoms with E-state index in [9.17, 15) is 30.0 Å². The number of carbonyl (C=O) groups excluding carboxylic acids is 2. The van der Waals surface area contributed by atoms with Crippen LogP contribution in [0, 0.1) is 0 Å². The Morgan fingerprint density at radius 2 is 0.983 bits per heavy atom. The van der Waals surface area contributed by atoms with Gasteiger partial charge in [0, 0.05) is 12.8 Å². The van der Waals surface area contributed by atoms with Crippen molar-refractivity contribution in [3.8, 4) is 0 Å². The van der Waals surface area contributed by atoms with E-state index in [0.717, 1.165) is 83.5 Å². The highest BCUT2D eigenvalue weighted by molar-refractivity contribution is 5.70. The SMILES string of the molecule is CCCC/C=C/C/C=C/CCCCCCCC(=O)O[C@@H](COC(=O)CCCCCCCCCCC/C=C/C/C=C/CCCCC)CO[C@H]1O[C@@H](CO)[C@@H](O)C(O)C1O. The molecule has 0 saturated carbocycles. The molecular weight excluding hydrogens is 737 g/mol. The quantitative estimate of drug-likeness (QED) is 0.0269. The van der Waals surface area contributed by atoms with Gasteiger partial charge in [0.25, 0.3) is 0 Å². The second kappa shape index (κ2) is 38.8. The zero-order valence-corrected chi connectivity index (χ0v) is 36.5. The van der Waals surface area contributed by atoms with Crippen LogP contribution < -0.4 is 0 Å². The Balaban J connectivity index is 2.31. The number of ether oxygens (including phenoxy) is 4. The van der Waals surface area contributed by atoms with E-state index < -0.39 is 49.4 Å². The zero-order valence-electron chi connectivity index (χ0n) is 36.5. The third-order valence-corrected chi connectivity index (χ3v) is 10.4. The second-order valence-electron chi connectivity index (χ2n) is 15.8. The van der Waals surface area contributed by atoms with Crippen molar-refractivity contribution in [1.29, 1.82) is 0 Å². The highest BCUT2D eigenvalue weighted by Crippen LogP contribution is 2.22. The number of unbranched alkanes of at least 4 members (excludes halogenated alkanes) is 19. The first-order valence-electron chi connectivity index (χ1n) is 23.2. The van der Waals surface area contributed by atoms with Crippen LogP contribution in [0.5, 0.6) is 0 Å². The average Bonchev–Trinajstić information content (AvgIpc) is 3.22. The summed E-state index contributed by atoms with van der Waals surface area (Å²) in [5, 5.41) is 40.1. The van der Waals surface area contributed by atoms with Gasteiger partial charge in [-0.25, -0.2) is 0 Å². The number of hydrogen-bond acceptors (Lipinski definition) is 10. The Bertz CT molecular complexity index is 1090. The van der Waals surface area contributed by atoms with Gasteiger partial charge < -0.3 is 39.4 Å². The molecule has 1 rings (SSSR count). The summed E-state index contributed by atoms with van der Waals surface area (Å²) in [5.41, 5.74) is 0. The summed E-state index contributed by atoms with van der Waals surface area (Å²) in [4.78, 5) is 25.3. The van der Waals surface area contributed by atoms with Gasteiger partial charge in [-0.05, 0) is 70.6 Å². The fraction of sp³-hybridized carbons (Fsp3) is 0.792. The van der Waals surface area contributed by atoms with Gasteiger partial charge in [-0.1, -0.05) is 152 Å². The molecule has 0 aliphatic carbocycles. The Labute approximate surface area is 352 Å². The molecule has 1 heterocycles. The Hall–Kier alpha value is -2.34. The third-order valence-electron chi connectivity index (χ3n) is 10.4. The summed E-state index contributed by atoms with van der Waals surface area (Å²) in [6, 6.07) is 0. The Morgan fingerprint density at radius 1 is 0.534 bits per heavy atom. The summed E-state index contributed by atoms with van der Waals surface area (Å²) in [6.45, 7) is 3.34. The Morgan fingerprint density at radius 3 is 1.48 bits per heavy atom. The maximum absolute atomic E-state index is 12.8. The highest BCUT2D eigenvalue weighted by atomic mass is 16.7. The number of allylic oxidation sites excluding steroid dienone is 8. The van der Waals surface area contributed by atoms with E-state index in [1.165, 1.54) is 70.6 Å².